The van der Waals surface area contributed by atoms with Crippen LogP contribution in [0, 0.1) is 12.3 Å². The highest BCUT2D eigenvalue weighted by Gasteiger charge is 2.21. The Bertz CT molecular complexity index is 470. The maximum absolute atomic E-state index is 11.8. The highest BCUT2D eigenvalue weighted by molar-refractivity contribution is 7.89. The molecule has 0 atom stereocenters. The molecule has 0 aliphatic carbocycles. The lowest BCUT2D eigenvalue weighted by Crippen LogP contribution is -2.27. The number of H-pyrrole nitrogens is 1. The Labute approximate surface area is 89.6 Å². The molecule has 0 aliphatic heterocycles. The summed E-state index contributed by atoms with van der Waals surface area (Å²) in [5, 5.41) is 0.0806. The molecule has 0 aliphatic rings. The highest BCUT2D eigenvalue weighted by atomic mass is 32.2. The molecule has 0 unspecified atom stereocenters. The Morgan fingerprint density at radius 3 is 2.80 bits per heavy atom. The first-order valence-corrected chi connectivity index (χ1v) is 5.90. The fourth-order valence-corrected chi connectivity index (χ4v) is 2.05. The minimum absolute atomic E-state index is 0.0445. The zero-order valence-electron chi connectivity index (χ0n) is 8.69. The van der Waals surface area contributed by atoms with Gasteiger partial charge in [0, 0.05) is 13.5 Å². The maximum Gasteiger partial charge on any atom is 0.260 e. The van der Waals surface area contributed by atoms with Gasteiger partial charge >= 0.3 is 0 Å². The molecule has 0 fully saturated rings. The molecule has 1 aromatic rings. The Kier molecular flexibility index (Phi) is 3.50. The fourth-order valence-electron chi connectivity index (χ4n) is 1.04. The van der Waals surface area contributed by atoms with Crippen molar-refractivity contribution in [2.45, 2.75) is 18.4 Å². The van der Waals surface area contributed by atoms with E-state index in [1.165, 1.54) is 13.2 Å². The van der Waals surface area contributed by atoms with Crippen molar-refractivity contribution in [1.82, 2.24) is 14.3 Å². The molecule has 1 rings (SSSR count). The first-order chi connectivity index (χ1) is 7.02. The van der Waals surface area contributed by atoms with Crippen LogP contribution in [0.2, 0.25) is 0 Å². The van der Waals surface area contributed by atoms with Crippen molar-refractivity contribution in [2.24, 2.45) is 0 Å². The zero-order chi connectivity index (χ0) is 11.5. The molecule has 1 heterocycles. The average Bonchev–Trinajstić information content (AvgIpc) is 2.66. The van der Waals surface area contributed by atoms with Crippen LogP contribution in [0.3, 0.4) is 0 Å². The lowest BCUT2D eigenvalue weighted by Gasteiger charge is -2.11. The van der Waals surface area contributed by atoms with Gasteiger partial charge in [-0.05, 0) is 0 Å². The second kappa shape index (κ2) is 4.47. The largest absolute Gasteiger partial charge is 0.332 e. The van der Waals surface area contributed by atoms with Crippen LogP contribution in [0.15, 0.2) is 11.2 Å². The molecule has 0 spiro atoms. The predicted octanol–water partition coefficient (Wildman–Crippen LogP) is 0.226. The van der Waals surface area contributed by atoms with E-state index in [-0.39, 0.29) is 11.6 Å². The van der Waals surface area contributed by atoms with Crippen molar-refractivity contribution in [1.29, 1.82) is 0 Å². The lowest BCUT2D eigenvalue weighted by molar-refractivity contribution is 0.500. The van der Waals surface area contributed by atoms with E-state index < -0.39 is 10.0 Å². The Morgan fingerprint density at radius 2 is 2.33 bits per heavy atom. The van der Waals surface area contributed by atoms with Crippen molar-refractivity contribution in [2.75, 3.05) is 13.6 Å². The van der Waals surface area contributed by atoms with E-state index in [1.807, 2.05) is 6.92 Å². The van der Waals surface area contributed by atoms with Gasteiger partial charge in [0.05, 0.1) is 12.7 Å². The Balaban J connectivity index is 3.01. The zero-order valence-corrected chi connectivity index (χ0v) is 9.50. The summed E-state index contributed by atoms with van der Waals surface area (Å²) < 4.78 is 24.7. The van der Waals surface area contributed by atoms with Crippen molar-refractivity contribution < 1.29 is 8.42 Å². The monoisotopic (exact) mass is 227 g/mol. The van der Waals surface area contributed by atoms with Crippen LogP contribution in [-0.4, -0.2) is 36.3 Å². The number of rotatable bonds is 4. The number of hydrogen-bond donors (Lipinski definition) is 1. The second-order valence-electron chi connectivity index (χ2n) is 3.01. The van der Waals surface area contributed by atoms with E-state index in [2.05, 4.69) is 15.9 Å². The van der Waals surface area contributed by atoms with E-state index in [0.29, 0.717) is 12.2 Å². The highest BCUT2D eigenvalue weighted by Crippen LogP contribution is 2.11. The molecule has 0 amide bonds. The molecule has 0 bridgehead atoms. The van der Waals surface area contributed by atoms with Crippen molar-refractivity contribution in [3.05, 3.63) is 12.0 Å². The van der Waals surface area contributed by atoms with Crippen molar-refractivity contribution in [3.63, 3.8) is 0 Å². The molecule has 0 radical (unpaired) electrons. The van der Waals surface area contributed by atoms with E-state index in [1.54, 1.807) is 0 Å². The predicted molar refractivity (Wildman–Crippen MR) is 56.6 cm³/mol. The van der Waals surface area contributed by atoms with E-state index in [9.17, 15) is 8.42 Å². The van der Waals surface area contributed by atoms with Gasteiger partial charge in [-0.25, -0.2) is 13.4 Å². The summed E-state index contributed by atoms with van der Waals surface area (Å²) in [5.41, 5.74) is 0. The van der Waals surface area contributed by atoms with E-state index in [4.69, 9.17) is 6.42 Å². The SMILES string of the molecule is C#CCN(C)S(=O)(=O)c1cnc(CC)[nH]1. The van der Waals surface area contributed by atoms with Gasteiger partial charge in [0.25, 0.3) is 10.0 Å². The summed E-state index contributed by atoms with van der Waals surface area (Å²) in [6.07, 6.45) is 7.02. The van der Waals surface area contributed by atoms with Crippen LogP contribution in [-0.2, 0) is 16.4 Å². The molecular formula is C9H13N3O2S. The minimum Gasteiger partial charge on any atom is -0.332 e. The van der Waals surface area contributed by atoms with Crippen LogP contribution < -0.4 is 0 Å². The molecule has 0 saturated heterocycles. The van der Waals surface area contributed by atoms with Crippen LogP contribution in [0.25, 0.3) is 0 Å². The van der Waals surface area contributed by atoms with Crippen molar-refractivity contribution >= 4 is 10.0 Å². The van der Waals surface area contributed by atoms with E-state index >= 15 is 0 Å². The third-order valence-electron chi connectivity index (χ3n) is 1.94. The van der Waals surface area contributed by atoms with Crippen LogP contribution in [0.5, 0.6) is 0 Å². The Hall–Kier alpha value is -1.32. The van der Waals surface area contributed by atoms with Gasteiger partial charge in [-0.1, -0.05) is 12.8 Å². The van der Waals surface area contributed by atoms with Gasteiger partial charge in [-0.2, -0.15) is 4.31 Å². The standard InChI is InChI=1S/C9H13N3O2S/c1-4-6-12(3)15(13,14)9-7-10-8(5-2)11-9/h1,7H,5-6H2,2-3H3,(H,10,11). The molecule has 5 nitrogen and oxygen atoms in total. The first kappa shape index (κ1) is 11.8. The van der Waals surface area contributed by atoms with Gasteiger partial charge in [-0.15, -0.1) is 6.42 Å². The summed E-state index contributed by atoms with van der Waals surface area (Å²) in [5.74, 6) is 2.92. The summed E-state index contributed by atoms with van der Waals surface area (Å²) in [6, 6.07) is 0. The Morgan fingerprint density at radius 1 is 1.67 bits per heavy atom. The normalized spacial score (nSPS) is 11.6. The summed E-state index contributed by atoms with van der Waals surface area (Å²) in [7, 11) is -2.09. The van der Waals surface area contributed by atoms with Crippen LogP contribution in [0.1, 0.15) is 12.7 Å². The number of hydrogen-bond acceptors (Lipinski definition) is 3. The van der Waals surface area contributed by atoms with Gasteiger partial charge in [0.1, 0.15) is 5.82 Å². The topological polar surface area (TPSA) is 66.1 Å². The smallest absolute Gasteiger partial charge is 0.260 e. The quantitative estimate of drug-likeness (QED) is 0.749. The molecule has 15 heavy (non-hydrogen) atoms. The van der Waals surface area contributed by atoms with Gasteiger partial charge in [-0.3, -0.25) is 0 Å². The second-order valence-corrected chi connectivity index (χ2v) is 5.03. The third-order valence-corrected chi connectivity index (χ3v) is 3.66. The summed E-state index contributed by atoms with van der Waals surface area (Å²) in [4.78, 5) is 6.66. The van der Waals surface area contributed by atoms with Gasteiger partial charge < -0.3 is 4.98 Å². The number of nitrogens with one attached hydrogen (secondary N) is 1. The summed E-state index contributed by atoms with van der Waals surface area (Å²) in [6.45, 7) is 1.93. The summed E-state index contributed by atoms with van der Waals surface area (Å²) >= 11 is 0. The minimum atomic E-state index is -3.52. The number of aryl methyl sites for hydroxylation is 1. The molecule has 1 N–H and O–H groups in total. The first-order valence-electron chi connectivity index (χ1n) is 4.46. The van der Waals surface area contributed by atoms with Crippen LogP contribution in [0.4, 0.5) is 0 Å². The molecule has 0 aromatic carbocycles. The number of imidazole rings is 1. The maximum atomic E-state index is 11.8. The molecular weight excluding hydrogens is 214 g/mol. The lowest BCUT2D eigenvalue weighted by atomic mass is 10.5. The number of nitrogens with zero attached hydrogens (tertiary/aromatic N) is 2. The third kappa shape index (κ3) is 2.37. The molecule has 82 valence electrons. The number of terminal acetylenes is 1. The van der Waals surface area contributed by atoms with Gasteiger partial charge in [0.15, 0.2) is 5.03 Å². The fraction of sp³-hybridized carbons (Fsp3) is 0.444. The number of sulfonamides is 1. The van der Waals surface area contributed by atoms with Gasteiger partial charge in [0.2, 0.25) is 0 Å². The van der Waals surface area contributed by atoms with Crippen molar-refractivity contribution in [3.8, 4) is 12.3 Å². The van der Waals surface area contributed by atoms with Crippen LogP contribution >= 0.6 is 0 Å². The molecule has 6 heteroatoms. The molecule has 0 saturated carbocycles. The molecule has 1 aromatic heterocycles. The number of aromatic amines is 1. The number of aromatic nitrogens is 2. The average molecular weight is 227 g/mol. The van der Waals surface area contributed by atoms with E-state index in [0.717, 1.165) is 4.31 Å².